The number of esters is 1. The van der Waals surface area contributed by atoms with E-state index in [9.17, 15) is 4.79 Å². The van der Waals surface area contributed by atoms with Gasteiger partial charge in [-0.25, -0.2) is 0 Å². The van der Waals surface area contributed by atoms with Crippen LogP contribution >= 0.6 is 0 Å². The van der Waals surface area contributed by atoms with Crippen LogP contribution in [0.1, 0.15) is 32.3 Å². The van der Waals surface area contributed by atoms with Crippen LogP contribution in [0.15, 0.2) is 42.5 Å². The van der Waals surface area contributed by atoms with Gasteiger partial charge in [-0.15, -0.1) is 0 Å². The highest BCUT2D eigenvalue weighted by molar-refractivity contribution is 5.83. The molecule has 0 saturated carbocycles. The van der Waals surface area contributed by atoms with Crippen LogP contribution in [0.3, 0.4) is 0 Å². The normalized spacial score (nSPS) is 12.3. The number of fused-ring (bicyclic) bond motifs is 1. The molecule has 0 N–H and O–H groups in total. The standard InChI is InChI=1S/C18H22O2/c1-3-4-11-20-18(19)14(2)12-15-9-10-16-7-5-6-8-17(16)13-15/h5-10,13-14H,3-4,11-12H2,1-2H3. The lowest BCUT2D eigenvalue weighted by atomic mass is 9.98. The summed E-state index contributed by atoms with van der Waals surface area (Å²) < 4.78 is 5.26. The Morgan fingerprint density at radius 2 is 1.90 bits per heavy atom. The van der Waals surface area contributed by atoms with E-state index in [1.807, 2.05) is 19.1 Å². The first-order valence-corrected chi connectivity index (χ1v) is 7.35. The molecule has 0 spiro atoms. The average Bonchev–Trinajstić information content (AvgIpc) is 2.47. The predicted molar refractivity (Wildman–Crippen MR) is 82.7 cm³/mol. The number of ether oxygens (including phenoxy) is 1. The molecule has 0 heterocycles. The molecule has 0 fully saturated rings. The molecule has 0 aliphatic heterocycles. The van der Waals surface area contributed by atoms with E-state index in [4.69, 9.17) is 4.74 Å². The molecular formula is C18H22O2. The van der Waals surface area contributed by atoms with Gasteiger partial charge in [0.2, 0.25) is 0 Å². The van der Waals surface area contributed by atoms with Crippen molar-refractivity contribution in [1.82, 2.24) is 0 Å². The van der Waals surface area contributed by atoms with E-state index >= 15 is 0 Å². The van der Waals surface area contributed by atoms with Gasteiger partial charge in [0.25, 0.3) is 0 Å². The third-order valence-electron chi connectivity index (χ3n) is 3.50. The van der Waals surface area contributed by atoms with Gasteiger partial charge in [-0.2, -0.15) is 0 Å². The lowest BCUT2D eigenvalue weighted by Crippen LogP contribution is -2.17. The molecule has 2 heteroatoms. The molecule has 1 atom stereocenters. The quantitative estimate of drug-likeness (QED) is 0.576. The first-order valence-electron chi connectivity index (χ1n) is 7.35. The molecule has 0 saturated heterocycles. The molecule has 0 aromatic heterocycles. The number of unbranched alkanes of at least 4 members (excludes halogenated alkanes) is 1. The van der Waals surface area contributed by atoms with E-state index in [2.05, 4.69) is 37.3 Å². The Morgan fingerprint density at radius 3 is 2.65 bits per heavy atom. The Kier molecular flexibility index (Phi) is 5.16. The minimum Gasteiger partial charge on any atom is -0.465 e. The molecule has 0 aliphatic carbocycles. The maximum absolute atomic E-state index is 11.9. The molecule has 106 valence electrons. The monoisotopic (exact) mass is 270 g/mol. The van der Waals surface area contributed by atoms with Crippen LogP contribution in [-0.2, 0) is 16.0 Å². The van der Waals surface area contributed by atoms with Gasteiger partial charge in [-0.1, -0.05) is 62.7 Å². The van der Waals surface area contributed by atoms with Crippen molar-refractivity contribution in [3.8, 4) is 0 Å². The summed E-state index contributed by atoms with van der Waals surface area (Å²) in [6.45, 7) is 4.56. The summed E-state index contributed by atoms with van der Waals surface area (Å²) in [7, 11) is 0. The topological polar surface area (TPSA) is 26.3 Å². The number of carbonyl (C=O) groups excluding carboxylic acids is 1. The SMILES string of the molecule is CCCCOC(=O)C(C)Cc1ccc2ccccc2c1. The molecule has 0 radical (unpaired) electrons. The van der Waals surface area contributed by atoms with Crippen molar-refractivity contribution in [2.24, 2.45) is 5.92 Å². The maximum Gasteiger partial charge on any atom is 0.308 e. The average molecular weight is 270 g/mol. The number of benzene rings is 2. The second-order valence-corrected chi connectivity index (χ2v) is 5.31. The predicted octanol–water partition coefficient (Wildman–Crippen LogP) is 4.36. The lowest BCUT2D eigenvalue weighted by molar-refractivity contribution is -0.148. The summed E-state index contributed by atoms with van der Waals surface area (Å²) in [5.74, 6) is -0.181. The summed E-state index contributed by atoms with van der Waals surface area (Å²) in [6.07, 6.45) is 2.72. The molecular weight excluding hydrogens is 248 g/mol. The molecule has 2 aromatic carbocycles. The molecule has 1 unspecified atom stereocenters. The van der Waals surface area contributed by atoms with Crippen LogP contribution in [-0.4, -0.2) is 12.6 Å². The van der Waals surface area contributed by atoms with Crippen molar-refractivity contribution < 1.29 is 9.53 Å². The van der Waals surface area contributed by atoms with Gasteiger partial charge in [0, 0.05) is 0 Å². The zero-order chi connectivity index (χ0) is 14.4. The minimum absolute atomic E-state index is 0.0898. The van der Waals surface area contributed by atoms with Crippen molar-refractivity contribution in [1.29, 1.82) is 0 Å². The van der Waals surface area contributed by atoms with Gasteiger partial charge in [0.15, 0.2) is 0 Å². The fourth-order valence-electron chi connectivity index (χ4n) is 2.26. The molecule has 2 rings (SSSR count). The summed E-state index contributed by atoms with van der Waals surface area (Å²) >= 11 is 0. The van der Waals surface area contributed by atoms with Gasteiger partial charge < -0.3 is 4.74 Å². The Labute approximate surface area is 120 Å². The van der Waals surface area contributed by atoms with Crippen LogP contribution in [0.25, 0.3) is 10.8 Å². The van der Waals surface area contributed by atoms with E-state index in [0.29, 0.717) is 6.61 Å². The van der Waals surface area contributed by atoms with Gasteiger partial charge in [-0.05, 0) is 29.2 Å². The molecule has 2 nitrogen and oxygen atoms in total. The second-order valence-electron chi connectivity index (χ2n) is 5.31. The van der Waals surface area contributed by atoms with Gasteiger partial charge in [-0.3, -0.25) is 4.79 Å². The summed E-state index contributed by atoms with van der Waals surface area (Å²) in [6, 6.07) is 14.6. The van der Waals surface area contributed by atoms with E-state index in [-0.39, 0.29) is 11.9 Å². The fraction of sp³-hybridized carbons (Fsp3) is 0.389. The van der Waals surface area contributed by atoms with Crippen LogP contribution in [0.2, 0.25) is 0 Å². The summed E-state index contributed by atoms with van der Waals surface area (Å²) in [5, 5.41) is 2.45. The van der Waals surface area contributed by atoms with Crippen molar-refractivity contribution in [3.63, 3.8) is 0 Å². The van der Waals surface area contributed by atoms with Crippen LogP contribution in [0.4, 0.5) is 0 Å². The molecule has 2 aromatic rings. The second kappa shape index (κ2) is 7.09. The Bertz CT molecular complexity index is 574. The van der Waals surface area contributed by atoms with Gasteiger partial charge >= 0.3 is 5.97 Å². The number of carbonyl (C=O) groups is 1. The number of rotatable bonds is 6. The van der Waals surface area contributed by atoms with Crippen molar-refractivity contribution in [2.75, 3.05) is 6.61 Å². The first-order chi connectivity index (χ1) is 9.70. The van der Waals surface area contributed by atoms with E-state index in [1.165, 1.54) is 16.3 Å². The Morgan fingerprint density at radius 1 is 1.15 bits per heavy atom. The van der Waals surface area contributed by atoms with Crippen LogP contribution < -0.4 is 0 Å². The van der Waals surface area contributed by atoms with E-state index in [1.54, 1.807) is 0 Å². The van der Waals surface area contributed by atoms with Crippen molar-refractivity contribution >= 4 is 16.7 Å². The molecule has 0 amide bonds. The third-order valence-corrected chi connectivity index (χ3v) is 3.50. The minimum atomic E-state index is -0.0911. The largest absolute Gasteiger partial charge is 0.465 e. The zero-order valence-electron chi connectivity index (χ0n) is 12.3. The highest BCUT2D eigenvalue weighted by Crippen LogP contribution is 2.18. The number of hydrogen-bond acceptors (Lipinski definition) is 2. The molecule has 20 heavy (non-hydrogen) atoms. The fourth-order valence-corrected chi connectivity index (χ4v) is 2.26. The Balaban J connectivity index is 1.98. The maximum atomic E-state index is 11.9. The summed E-state index contributed by atoms with van der Waals surface area (Å²) in [5.41, 5.74) is 1.18. The zero-order valence-corrected chi connectivity index (χ0v) is 12.3. The van der Waals surface area contributed by atoms with Gasteiger partial charge in [0.1, 0.15) is 0 Å². The van der Waals surface area contributed by atoms with Crippen LogP contribution in [0.5, 0.6) is 0 Å². The number of hydrogen-bond donors (Lipinski definition) is 0. The molecule has 0 bridgehead atoms. The van der Waals surface area contributed by atoms with Gasteiger partial charge in [0.05, 0.1) is 12.5 Å². The smallest absolute Gasteiger partial charge is 0.308 e. The summed E-state index contributed by atoms with van der Waals surface area (Å²) in [4.78, 5) is 11.9. The lowest BCUT2D eigenvalue weighted by Gasteiger charge is -2.12. The van der Waals surface area contributed by atoms with Crippen molar-refractivity contribution in [2.45, 2.75) is 33.1 Å². The first kappa shape index (κ1) is 14.6. The highest BCUT2D eigenvalue weighted by atomic mass is 16.5. The highest BCUT2D eigenvalue weighted by Gasteiger charge is 2.15. The molecule has 0 aliphatic rings. The van der Waals surface area contributed by atoms with E-state index < -0.39 is 0 Å². The Hall–Kier alpha value is -1.83. The van der Waals surface area contributed by atoms with Crippen molar-refractivity contribution in [3.05, 3.63) is 48.0 Å². The van der Waals surface area contributed by atoms with E-state index in [0.717, 1.165) is 19.3 Å². The van der Waals surface area contributed by atoms with Crippen LogP contribution in [0, 0.1) is 5.92 Å². The third kappa shape index (κ3) is 3.83.